The zero-order chi connectivity index (χ0) is 16.2. The number of amides is 2. The lowest BCUT2D eigenvalue weighted by Crippen LogP contribution is -2.50. The second-order valence-corrected chi connectivity index (χ2v) is 5.80. The highest BCUT2D eigenvalue weighted by molar-refractivity contribution is 5.85. The standard InChI is InChI=1S/C14H24N2O5/c1-5-14(12(18)19)6-7-16(8-14)13(20)15-10(9(2)3)11(17)21-4/h9-10H,5-8H2,1-4H3,(H,15,20)(H,18,19). The summed E-state index contributed by atoms with van der Waals surface area (Å²) in [5.41, 5.74) is -0.879. The first kappa shape index (κ1) is 17.3. The van der Waals surface area contributed by atoms with Crippen LogP contribution in [0.25, 0.3) is 0 Å². The SMILES string of the molecule is CCC1(C(=O)O)CCN(C(=O)NC(C(=O)OC)C(C)C)C1. The molecule has 7 heteroatoms. The fraction of sp³-hybridized carbons (Fsp3) is 0.786. The molecule has 0 aromatic heterocycles. The third-order valence-corrected chi connectivity index (χ3v) is 4.17. The Morgan fingerprint density at radius 1 is 1.38 bits per heavy atom. The van der Waals surface area contributed by atoms with Crippen molar-refractivity contribution in [1.82, 2.24) is 10.2 Å². The van der Waals surface area contributed by atoms with Crippen molar-refractivity contribution in [1.29, 1.82) is 0 Å². The second-order valence-electron chi connectivity index (χ2n) is 5.80. The van der Waals surface area contributed by atoms with Gasteiger partial charge in [-0.1, -0.05) is 20.8 Å². The van der Waals surface area contributed by atoms with Crippen molar-refractivity contribution in [3.8, 4) is 0 Å². The fourth-order valence-corrected chi connectivity index (χ4v) is 2.51. The lowest BCUT2D eigenvalue weighted by molar-refractivity contribution is -0.148. The third-order valence-electron chi connectivity index (χ3n) is 4.17. The maximum atomic E-state index is 12.2. The summed E-state index contributed by atoms with van der Waals surface area (Å²) in [5, 5.41) is 12.0. The van der Waals surface area contributed by atoms with E-state index < -0.39 is 29.4 Å². The van der Waals surface area contributed by atoms with E-state index >= 15 is 0 Å². The van der Waals surface area contributed by atoms with Gasteiger partial charge in [0.25, 0.3) is 0 Å². The zero-order valence-electron chi connectivity index (χ0n) is 13.0. The second kappa shape index (κ2) is 6.78. The first-order valence-corrected chi connectivity index (χ1v) is 7.14. The Hall–Kier alpha value is -1.79. The highest BCUT2D eigenvalue weighted by Gasteiger charge is 2.45. The number of hydrogen-bond donors (Lipinski definition) is 2. The molecular formula is C14H24N2O5. The van der Waals surface area contributed by atoms with Crippen molar-refractivity contribution in [2.75, 3.05) is 20.2 Å². The lowest BCUT2D eigenvalue weighted by atomic mass is 9.84. The minimum absolute atomic E-state index is 0.112. The number of nitrogens with zero attached hydrogens (tertiary/aromatic N) is 1. The smallest absolute Gasteiger partial charge is 0.328 e. The molecule has 0 bridgehead atoms. The topological polar surface area (TPSA) is 95.9 Å². The molecule has 7 nitrogen and oxygen atoms in total. The number of methoxy groups -OCH3 is 1. The van der Waals surface area contributed by atoms with Gasteiger partial charge < -0.3 is 20.1 Å². The van der Waals surface area contributed by atoms with E-state index in [-0.39, 0.29) is 12.5 Å². The summed E-state index contributed by atoms with van der Waals surface area (Å²) in [6.45, 7) is 5.95. The Bertz CT molecular complexity index is 424. The summed E-state index contributed by atoms with van der Waals surface area (Å²) in [5.74, 6) is -1.49. The van der Waals surface area contributed by atoms with Crippen LogP contribution in [0.1, 0.15) is 33.6 Å². The number of nitrogens with one attached hydrogen (secondary N) is 1. The van der Waals surface area contributed by atoms with Crippen LogP contribution in [0, 0.1) is 11.3 Å². The zero-order valence-corrected chi connectivity index (χ0v) is 13.0. The molecule has 0 saturated carbocycles. The Labute approximate surface area is 124 Å². The first-order chi connectivity index (χ1) is 9.77. The molecule has 1 rings (SSSR count). The van der Waals surface area contributed by atoms with Gasteiger partial charge in [-0.05, 0) is 18.8 Å². The van der Waals surface area contributed by atoms with Crippen LogP contribution in [0.4, 0.5) is 4.79 Å². The van der Waals surface area contributed by atoms with Gasteiger partial charge in [-0.2, -0.15) is 0 Å². The summed E-state index contributed by atoms with van der Waals surface area (Å²) in [6, 6.07) is -1.15. The molecule has 0 aromatic rings. The molecule has 1 saturated heterocycles. The molecule has 1 aliphatic heterocycles. The summed E-state index contributed by atoms with van der Waals surface area (Å²) in [6.07, 6.45) is 0.896. The van der Waals surface area contributed by atoms with Gasteiger partial charge in [-0.15, -0.1) is 0 Å². The van der Waals surface area contributed by atoms with Gasteiger partial charge in [-0.3, -0.25) is 4.79 Å². The number of rotatable bonds is 5. The number of likely N-dealkylation sites (tertiary alicyclic amines) is 1. The molecule has 1 heterocycles. The van der Waals surface area contributed by atoms with Crippen LogP contribution in [-0.4, -0.2) is 54.2 Å². The minimum atomic E-state index is -0.881. The predicted molar refractivity (Wildman–Crippen MR) is 75.7 cm³/mol. The molecule has 0 aliphatic carbocycles. The Morgan fingerprint density at radius 3 is 2.38 bits per heavy atom. The van der Waals surface area contributed by atoms with Gasteiger partial charge in [0.05, 0.1) is 12.5 Å². The number of carbonyl (C=O) groups is 3. The molecule has 1 aliphatic rings. The average molecular weight is 300 g/mol. The first-order valence-electron chi connectivity index (χ1n) is 7.14. The molecule has 2 atom stereocenters. The fourth-order valence-electron chi connectivity index (χ4n) is 2.51. The Balaban J connectivity index is 2.73. The summed E-state index contributed by atoms with van der Waals surface area (Å²) in [7, 11) is 1.27. The van der Waals surface area contributed by atoms with E-state index in [1.54, 1.807) is 20.8 Å². The van der Waals surface area contributed by atoms with E-state index in [0.29, 0.717) is 19.4 Å². The van der Waals surface area contributed by atoms with Crippen LogP contribution in [0.3, 0.4) is 0 Å². The average Bonchev–Trinajstić information content (AvgIpc) is 2.89. The largest absolute Gasteiger partial charge is 0.481 e. The molecule has 0 aromatic carbocycles. The lowest BCUT2D eigenvalue weighted by Gasteiger charge is -2.26. The molecule has 2 N–H and O–H groups in total. The maximum Gasteiger partial charge on any atom is 0.328 e. The molecule has 21 heavy (non-hydrogen) atoms. The number of ether oxygens (including phenoxy) is 1. The van der Waals surface area contributed by atoms with Crippen molar-refractivity contribution in [2.45, 2.75) is 39.7 Å². The van der Waals surface area contributed by atoms with Crippen LogP contribution in [-0.2, 0) is 14.3 Å². The van der Waals surface area contributed by atoms with Crippen molar-refractivity contribution in [2.24, 2.45) is 11.3 Å². The minimum Gasteiger partial charge on any atom is -0.481 e. The molecule has 0 radical (unpaired) electrons. The third kappa shape index (κ3) is 3.65. The van der Waals surface area contributed by atoms with Gasteiger partial charge in [0.2, 0.25) is 0 Å². The van der Waals surface area contributed by atoms with Crippen molar-refractivity contribution in [3.63, 3.8) is 0 Å². The number of urea groups is 1. The van der Waals surface area contributed by atoms with Crippen molar-refractivity contribution >= 4 is 18.0 Å². The van der Waals surface area contributed by atoms with Crippen LogP contribution < -0.4 is 5.32 Å². The van der Waals surface area contributed by atoms with Gasteiger partial charge >= 0.3 is 18.0 Å². The highest BCUT2D eigenvalue weighted by atomic mass is 16.5. The quantitative estimate of drug-likeness (QED) is 0.741. The maximum absolute atomic E-state index is 12.2. The summed E-state index contributed by atoms with van der Waals surface area (Å²) in [4.78, 5) is 36.7. The van der Waals surface area contributed by atoms with E-state index in [0.717, 1.165) is 0 Å². The number of esters is 1. The molecule has 120 valence electrons. The molecule has 2 unspecified atom stereocenters. The normalized spacial score (nSPS) is 23.0. The molecule has 1 fully saturated rings. The predicted octanol–water partition coefficient (Wildman–Crippen LogP) is 1.08. The van der Waals surface area contributed by atoms with Gasteiger partial charge in [-0.25, -0.2) is 9.59 Å². The van der Waals surface area contributed by atoms with E-state index in [1.165, 1.54) is 12.0 Å². The van der Waals surface area contributed by atoms with Crippen LogP contribution in [0.15, 0.2) is 0 Å². The van der Waals surface area contributed by atoms with Crippen LogP contribution >= 0.6 is 0 Å². The molecular weight excluding hydrogens is 276 g/mol. The van der Waals surface area contributed by atoms with Crippen molar-refractivity contribution < 1.29 is 24.2 Å². The summed E-state index contributed by atoms with van der Waals surface area (Å²) >= 11 is 0. The molecule has 2 amide bonds. The van der Waals surface area contributed by atoms with Crippen molar-refractivity contribution in [3.05, 3.63) is 0 Å². The summed E-state index contributed by atoms with van der Waals surface area (Å²) < 4.78 is 4.67. The van der Waals surface area contributed by atoms with Crippen LogP contribution in [0.2, 0.25) is 0 Å². The van der Waals surface area contributed by atoms with E-state index in [1.807, 2.05) is 0 Å². The van der Waals surface area contributed by atoms with Crippen LogP contribution in [0.5, 0.6) is 0 Å². The number of carbonyl (C=O) groups excluding carboxylic acids is 2. The number of aliphatic carboxylic acids is 1. The Kier molecular flexibility index (Phi) is 5.57. The number of carboxylic acid groups (broad SMARTS) is 1. The molecule has 0 spiro atoms. The Morgan fingerprint density at radius 2 is 2.00 bits per heavy atom. The van der Waals surface area contributed by atoms with E-state index in [4.69, 9.17) is 0 Å². The number of carboxylic acids is 1. The monoisotopic (exact) mass is 300 g/mol. The van der Waals surface area contributed by atoms with Gasteiger partial charge in [0, 0.05) is 13.1 Å². The highest BCUT2D eigenvalue weighted by Crippen LogP contribution is 2.34. The van der Waals surface area contributed by atoms with Gasteiger partial charge in [0.15, 0.2) is 0 Å². The van der Waals surface area contributed by atoms with E-state index in [2.05, 4.69) is 10.1 Å². The van der Waals surface area contributed by atoms with E-state index in [9.17, 15) is 19.5 Å². The van der Waals surface area contributed by atoms with Gasteiger partial charge in [0.1, 0.15) is 6.04 Å². The number of hydrogen-bond acceptors (Lipinski definition) is 4.